The molecule has 5 nitrogen and oxygen atoms in total. The van der Waals surface area contributed by atoms with Crippen molar-refractivity contribution in [2.45, 2.75) is 24.2 Å². The number of ether oxygens (including phenoxy) is 2. The number of halogens is 1. The fraction of sp³-hybridized carbons (Fsp3) is 0.625. The fourth-order valence-corrected chi connectivity index (χ4v) is 5.62. The predicted octanol–water partition coefficient (Wildman–Crippen LogP) is 2.27. The van der Waals surface area contributed by atoms with Gasteiger partial charge in [0.05, 0.1) is 18.6 Å². The first-order chi connectivity index (χ1) is 10.9. The van der Waals surface area contributed by atoms with E-state index in [0.29, 0.717) is 25.6 Å². The van der Waals surface area contributed by atoms with Gasteiger partial charge in [-0.05, 0) is 37.0 Å². The van der Waals surface area contributed by atoms with E-state index in [9.17, 15) is 12.8 Å². The third-order valence-corrected chi connectivity index (χ3v) is 7.01. The molecule has 0 unspecified atom stereocenters. The Morgan fingerprint density at radius 1 is 1.39 bits per heavy atom. The van der Waals surface area contributed by atoms with Crippen LogP contribution < -0.4 is 4.74 Å². The highest BCUT2D eigenvalue weighted by molar-refractivity contribution is 7.89. The van der Waals surface area contributed by atoms with Crippen LogP contribution in [-0.2, 0) is 14.8 Å². The molecule has 1 saturated heterocycles. The molecule has 23 heavy (non-hydrogen) atoms. The maximum Gasteiger partial charge on any atom is 0.243 e. The zero-order valence-electron chi connectivity index (χ0n) is 13.4. The summed E-state index contributed by atoms with van der Waals surface area (Å²) >= 11 is 0. The highest BCUT2D eigenvalue weighted by atomic mass is 32.2. The Bertz CT molecular complexity index is 693. The van der Waals surface area contributed by atoms with Gasteiger partial charge in [0.25, 0.3) is 0 Å². The van der Waals surface area contributed by atoms with Crippen LogP contribution in [0.25, 0.3) is 0 Å². The molecule has 1 saturated carbocycles. The molecule has 0 aromatic heterocycles. The molecule has 1 heterocycles. The van der Waals surface area contributed by atoms with Gasteiger partial charge in [0, 0.05) is 25.6 Å². The smallest absolute Gasteiger partial charge is 0.243 e. The summed E-state index contributed by atoms with van der Waals surface area (Å²) < 4.78 is 51.2. The number of fused-ring (bicyclic) bond motifs is 1. The van der Waals surface area contributed by atoms with Crippen molar-refractivity contribution in [2.75, 3.05) is 33.9 Å². The summed E-state index contributed by atoms with van der Waals surface area (Å²) in [5.74, 6) is -0.307. The third kappa shape index (κ3) is 2.75. The van der Waals surface area contributed by atoms with E-state index in [4.69, 9.17) is 9.47 Å². The van der Waals surface area contributed by atoms with Crippen LogP contribution >= 0.6 is 0 Å². The number of methoxy groups -OCH3 is 2. The summed E-state index contributed by atoms with van der Waals surface area (Å²) in [5, 5.41) is 0. The van der Waals surface area contributed by atoms with Crippen molar-refractivity contribution in [3.8, 4) is 5.75 Å². The van der Waals surface area contributed by atoms with E-state index >= 15 is 0 Å². The lowest BCUT2D eigenvalue weighted by Crippen LogP contribution is -2.34. The molecule has 2 fully saturated rings. The minimum Gasteiger partial charge on any atom is -0.494 e. The molecule has 1 aliphatic heterocycles. The molecule has 3 rings (SSSR count). The van der Waals surface area contributed by atoms with Crippen LogP contribution in [0.5, 0.6) is 5.75 Å². The first-order valence-electron chi connectivity index (χ1n) is 7.75. The predicted molar refractivity (Wildman–Crippen MR) is 83.4 cm³/mol. The SMILES string of the molecule is COC[C@@]12CCC[C@@H]1CN(S(=O)(=O)c1ccc(OC)c(F)c1)C2. The van der Waals surface area contributed by atoms with Crippen molar-refractivity contribution >= 4 is 10.0 Å². The van der Waals surface area contributed by atoms with Crippen LogP contribution in [0.15, 0.2) is 23.1 Å². The van der Waals surface area contributed by atoms with Crippen molar-refractivity contribution in [3.05, 3.63) is 24.0 Å². The van der Waals surface area contributed by atoms with Gasteiger partial charge in [0.15, 0.2) is 11.6 Å². The van der Waals surface area contributed by atoms with E-state index in [2.05, 4.69) is 0 Å². The largest absolute Gasteiger partial charge is 0.494 e. The summed E-state index contributed by atoms with van der Waals surface area (Å²) in [5.41, 5.74) is -0.0904. The minimum atomic E-state index is -3.70. The normalized spacial score (nSPS) is 28.0. The van der Waals surface area contributed by atoms with E-state index in [1.165, 1.54) is 23.5 Å². The zero-order valence-corrected chi connectivity index (χ0v) is 14.2. The lowest BCUT2D eigenvalue weighted by Gasteiger charge is -2.27. The molecule has 0 radical (unpaired) electrons. The molecular weight excluding hydrogens is 321 g/mol. The highest BCUT2D eigenvalue weighted by Crippen LogP contribution is 2.50. The molecule has 1 aromatic carbocycles. The van der Waals surface area contributed by atoms with E-state index in [1.54, 1.807) is 7.11 Å². The Labute approximate surface area is 136 Å². The second-order valence-electron chi connectivity index (χ2n) is 6.48. The second-order valence-corrected chi connectivity index (χ2v) is 8.42. The lowest BCUT2D eigenvalue weighted by atomic mass is 9.82. The number of nitrogens with zero attached hydrogens (tertiary/aromatic N) is 1. The van der Waals surface area contributed by atoms with Crippen molar-refractivity contribution < 1.29 is 22.3 Å². The van der Waals surface area contributed by atoms with Crippen LogP contribution in [-0.4, -0.2) is 46.6 Å². The molecule has 0 amide bonds. The lowest BCUT2D eigenvalue weighted by molar-refractivity contribution is 0.0738. The molecule has 1 aromatic rings. The van der Waals surface area contributed by atoms with Gasteiger partial charge in [-0.25, -0.2) is 12.8 Å². The number of hydrogen-bond acceptors (Lipinski definition) is 4. The van der Waals surface area contributed by atoms with Gasteiger partial charge in [0.2, 0.25) is 10.0 Å². The van der Waals surface area contributed by atoms with Crippen molar-refractivity contribution in [1.82, 2.24) is 4.31 Å². The number of benzene rings is 1. The van der Waals surface area contributed by atoms with E-state index in [0.717, 1.165) is 25.3 Å². The van der Waals surface area contributed by atoms with Gasteiger partial charge in [-0.15, -0.1) is 0 Å². The van der Waals surface area contributed by atoms with Gasteiger partial charge in [-0.3, -0.25) is 0 Å². The van der Waals surface area contributed by atoms with E-state index in [-0.39, 0.29) is 16.1 Å². The summed E-state index contributed by atoms with van der Waals surface area (Å²) in [4.78, 5) is -0.0247. The average molecular weight is 343 g/mol. The Hall–Kier alpha value is -1.18. The van der Waals surface area contributed by atoms with Gasteiger partial charge < -0.3 is 9.47 Å². The number of hydrogen-bond donors (Lipinski definition) is 0. The second kappa shape index (κ2) is 6.03. The van der Waals surface area contributed by atoms with Crippen LogP contribution in [0.4, 0.5) is 4.39 Å². The highest BCUT2D eigenvalue weighted by Gasteiger charge is 2.52. The fourth-order valence-electron chi connectivity index (χ4n) is 4.03. The molecule has 7 heteroatoms. The molecular formula is C16H22FNO4S. The van der Waals surface area contributed by atoms with Gasteiger partial charge in [-0.2, -0.15) is 4.31 Å². The van der Waals surface area contributed by atoms with Crippen LogP contribution in [0.1, 0.15) is 19.3 Å². The first kappa shape index (κ1) is 16.7. The summed E-state index contributed by atoms with van der Waals surface area (Å²) in [6.07, 6.45) is 3.11. The van der Waals surface area contributed by atoms with Gasteiger partial charge in [0.1, 0.15) is 0 Å². The van der Waals surface area contributed by atoms with Gasteiger partial charge >= 0.3 is 0 Å². The number of rotatable bonds is 5. The van der Waals surface area contributed by atoms with Crippen molar-refractivity contribution in [1.29, 1.82) is 0 Å². The quantitative estimate of drug-likeness (QED) is 0.823. The van der Waals surface area contributed by atoms with E-state index in [1.807, 2.05) is 0 Å². The summed E-state index contributed by atoms with van der Waals surface area (Å²) in [6.45, 7) is 1.50. The Morgan fingerprint density at radius 3 is 2.83 bits per heavy atom. The van der Waals surface area contributed by atoms with Gasteiger partial charge in [-0.1, -0.05) is 6.42 Å². The average Bonchev–Trinajstić information content (AvgIpc) is 3.04. The molecule has 2 atom stereocenters. The standard InChI is InChI=1S/C16H22FNO4S/c1-21-11-16-7-3-4-12(16)9-18(10-16)23(19,20)13-5-6-15(22-2)14(17)8-13/h5-6,8,12H,3-4,7,9-11H2,1-2H3/t12-,16+/m1/s1. The van der Waals surface area contributed by atoms with Crippen LogP contribution in [0.2, 0.25) is 0 Å². The van der Waals surface area contributed by atoms with Crippen LogP contribution in [0.3, 0.4) is 0 Å². The first-order valence-corrected chi connectivity index (χ1v) is 9.19. The maximum absolute atomic E-state index is 13.9. The van der Waals surface area contributed by atoms with Crippen LogP contribution in [0, 0.1) is 17.2 Å². The summed E-state index contributed by atoms with van der Waals surface area (Å²) in [7, 11) is -0.700. The van der Waals surface area contributed by atoms with E-state index < -0.39 is 15.8 Å². The minimum absolute atomic E-state index is 0.0247. The van der Waals surface area contributed by atoms with Crippen molar-refractivity contribution in [3.63, 3.8) is 0 Å². The number of sulfonamides is 1. The third-order valence-electron chi connectivity index (χ3n) is 5.20. The summed E-state index contributed by atoms with van der Waals surface area (Å²) in [6, 6.07) is 3.78. The molecule has 0 spiro atoms. The Kier molecular flexibility index (Phi) is 4.37. The molecule has 0 N–H and O–H groups in total. The maximum atomic E-state index is 13.9. The molecule has 2 aliphatic rings. The molecule has 1 aliphatic carbocycles. The monoisotopic (exact) mass is 343 g/mol. The molecule has 0 bridgehead atoms. The Morgan fingerprint density at radius 2 is 2.17 bits per heavy atom. The van der Waals surface area contributed by atoms with Crippen molar-refractivity contribution in [2.24, 2.45) is 11.3 Å². The zero-order chi connectivity index (χ0) is 16.7. The molecule has 128 valence electrons. The Balaban J connectivity index is 1.88. The topological polar surface area (TPSA) is 55.8 Å².